The first-order valence-electron chi connectivity index (χ1n) is 6.86. The second kappa shape index (κ2) is 7.05. The summed E-state index contributed by atoms with van der Waals surface area (Å²) in [6, 6.07) is 9.15. The Kier molecular flexibility index (Phi) is 5.39. The van der Waals surface area contributed by atoms with Gasteiger partial charge in [0.1, 0.15) is 5.75 Å². The summed E-state index contributed by atoms with van der Waals surface area (Å²) < 4.78 is 5.19. The summed E-state index contributed by atoms with van der Waals surface area (Å²) >= 11 is 2.02. The van der Waals surface area contributed by atoms with E-state index >= 15 is 0 Å². The largest absolute Gasteiger partial charge is 0.497 e. The number of hydrogen-bond donors (Lipinski definition) is 1. The third-order valence-electron chi connectivity index (χ3n) is 3.48. The van der Waals surface area contributed by atoms with E-state index in [1.165, 1.54) is 30.6 Å². The van der Waals surface area contributed by atoms with Crippen molar-refractivity contribution in [1.29, 1.82) is 0 Å². The van der Waals surface area contributed by atoms with E-state index in [0.29, 0.717) is 0 Å². The van der Waals surface area contributed by atoms with Crippen LogP contribution in [0.4, 0.5) is 0 Å². The Morgan fingerprint density at radius 3 is 2.72 bits per heavy atom. The van der Waals surface area contributed by atoms with Gasteiger partial charge in [-0.2, -0.15) is 0 Å². The van der Waals surface area contributed by atoms with Crippen LogP contribution in [0.5, 0.6) is 5.75 Å². The van der Waals surface area contributed by atoms with Gasteiger partial charge in [0.25, 0.3) is 0 Å². The maximum absolute atomic E-state index is 5.19. The summed E-state index contributed by atoms with van der Waals surface area (Å²) in [6.45, 7) is 3.28. The SMILES string of the molecule is CCNC1CCCC(Sc2ccc(OC)cc2)C1. The van der Waals surface area contributed by atoms with E-state index in [9.17, 15) is 0 Å². The number of thioether (sulfide) groups is 1. The Morgan fingerprint density at radius 1 is 1.28 bits per heavy atom. The van der Waals surface area contributed by atoms with Crippen molar-refractivity contribution >= 4 is 11.8 Å². The van der Waals surface area contributed by atoms with Crippen LogP contribution in [0.1, 0.15) is 32.6 Å². The van der Waals surface area contributed by atoms with Gasteiger partial charge in [-0.25, -0.2) is 0 Å². The second-order valence-corrected chi connectivity index (χ2v) is 6.21. The summed E-state index contributed by atoms with van der Waals surface area (Å²) in [6.07, 6.45) is 5.34. The lowest BCUT2D eigenvalue weighted by atomic mass is 9.95. The monoisotopic (exact) mass is 265 g/mol. The minimum Gasteiger partial charge on any atom is -0.497 e. The highest BCUT2D eigenvalue weighted by molar-refractivity contribution is 8.00. The molecule has 100 valence electrons. The van der Waals surface area contributed by atoms with Crippen LogP contribution in [0.2, 0.25) is 0 Å². The van der Waals surface area contributed by atoms with Crippen molar-refractivity contribution < 1.29 is 4.74 Å². The van der Waals surface area contributed by atoms with Gasteiger partial charge in [0.2, 0.25) is 0 Å². The molecule has 18 heavy (non-hydrogen) atoms. The fourth-order valence-corrected chi connectivity index (χ4v) is 3.86. The molecule has 2 unspecified atom stereocenters. The number of rotatable bonds is 5. The Bertz CT molecular complexity index is 350. The van der Waals surface area contributed by atoms with Gasteiger partial charge in [-0.3, -0.25) is 0 Å². The highest BCUT2D eigenvalue weighted by atomic mass is 32.2. The zero-order valence-corrected chi connectivity index (χ0v) is 12.1. The molecule has 1 aromatic carbocycles. The van der Waals surface area contributed by atoms with Crippen LogP contribution in [0, 0.1) is 0 Å². The Hall–Kier alpha value is -0.670. The van der Waals surface area contributed by atoms with Gasteiger partial charge >= 0.3 is 0 Å². The molecule has 2 nitrogen and oxygen atoms in total. The minimum atomic E-state index is 0.722. The zero-order valence-electron chi connectivity index (χ0n) is 11.3. The summed E-state index contributed by atoms with van der Waals surface area (Å²) in [7, 11) is 1.71. The van der Waals surface area contributed by atoms with Gasteiger partial charge < -0.3 is 10.1 Å². The lowest BCUT2D eigenvalue weighted by Gasteiger charge is -2.29. The van der Waals surface area contributed by atoms with E-state index in [0.717, 1.165) is 23.6 Å². The number of methoxy groups -OCH3 is 1. The van der Waals surface area contributed by atoms with Crippen LogP contribution in [0.3, 0.4) is 0 Å². The molecule has 0 amide bonds. The molecule has 2 atom stereocenters. The molecule has 0 saturated heterocycles. The summed E-state index contributed by atoms with van der Waals surface area (Å²) in [5, 5.41) is 4.35. The van der Waals surface area contributed by atoms with E-state index in [1.807, 2.05) is 23.9 Å². The molecule has 0 radical (unpaired) electrons. The van der Waals surface area contributed by atoms with Gasteiger partial charge in [0, 0.05) is 16.2 Å². The van der Waals surface area contributed by atoms with Crippen LogP contribution in [0.25, 0.3) is 0 Å². The van der Waals surface area contributed by atoms with Gasteiger partial charge in [-0.05, 0) is 50.1 Å². The summed E-state index contributed by atoms with van der Waals surface area (Å²) in [4.78, 5) is 1.36. The average Bonchev–Trinajstić information content (AvgIpc) is 2.40. The first-order chi connectivity index (χ1) is 8.81. The third-order valence-corrected chi connectivity index (χ3v) is 4.79. The average molecular weight is 265 g/mol. The number of hydrogen-bond acceptors (Lipinski definition) is 3. The lowest BCUT2D eigenvalue weighted by molar-refractivity contribution is 0.387. The first kappa shape index (κ1) is 13.8. The molecule has 0 bridgehead atoms. The number of benzene rings is 1. The van der Waals surface area contributed by atoms with Crippen molar-refractivity contribution in [3.8, 4) is 5.75 Å². The molecule has 0 aliphatic heterocycles. The molecule has 1 fully saturated rings. The lowest BCUT2D eigenvalue weighted by Crippen LogP contribution is -2.34. The molecular formula is C15H23NOS. The van der Waals surface area contributed by atoms with Gasteiger partial charge in [-0.1, -0.05) is 13.3 Å². The van der Waals surface area contributed by atoms with Crippen molar-refractivity contribution in [3.05, 3.63) is 24.3 Å². The zero-order chi connectivity index (χ0) is 12.8. The van der Waals surface area contributed by atoms with E-state index in [-0.39, 0.29) is 0 Å². The predicted octanol–water partition coefficient (Wildman–Crippen LogP) is 3.71. The van der Waals surface area contributed by atoms with Gasteiger partial charge in [0.15, 0.2) is 0 Å². The summed E-state index contributed by atoms with van der Waals surface area (Å²) in [5.41, 5.74) is 0. The molecule has 2 rings (SSSR count). The Morgan fingerprint density at radius 2 is 2.06 bits per heavy atom. The predicted molar refractivity (Wildman–Crippen MR) is 78.6 cm³/mol. The van der Waals surface area contributed by atoms with Crippen LogP contribution < -0.4 is 10.1 Å². The van der Waals surface area contributed by atoms with Crippen molar-refractivity contribution in [2.75, 3.05) is 13.7 Å². The third kappa shape index (κ3) is 3.92. The highest BCUT2D eigenvalue weighted by Crippen LogP contribution is 2.34. The van der Waals surface area contributed by atoms with Gasteiger partial charge in [0.05, 0.1) is 7.11 Å². The van der Waals surface area contributed by atoms with E-state index in [4.69, 9.17) is 4.74 Å². The molecule has 3 heteroatoms. The molecule has 0 heterocycles. The Labute approximate surface area is 114 Å². The standard InChI is InChI=1S/C15H23NOS/c1-3-16-12-5-4-6-15(11-12)18-14-9-7-13(17-2)8-10-14/h7-10,12,15-16H,3-6,11H2,1-2H3. The number of nitrogens with one attached hydrogen (secondary N) is 1. The Balaban J connectivity index is 1.87. The quantitative estimate of drug-likeness (QED) is 0.877. The van der Waals surface area contributed by atoms with Crippen molar-refractivity contribution in [3.63, 3.8) is 0 Å². The van der Waals surface area contributed by atoms with Gasteiger partial charge in [-0.15, -0.1) is 11.8 Å². The van der Waals surface area contributed by atoms with E-state index in [1.54, 1.807) is 7.11 Å². The molecule has 1 saturated carbocycles. The van der Waals surface area contributed by atoms with E-state index in [2.05, 4.69) is 24.4 Å². The van der Waals surface area contributed by atoms with E-state index < -0.39 is 0 Å². The molecule has 1 aliphatic rings. The maximum atomic E-state index is 5.19. The van der Waals surface area contributed by atoms with Crippen molar-refractivity contribution in [1.82, 2.24) is 5.32 Å². The topological polar surface area (TPSA) is 21.3 Å². The van der Waals surface area contributed by atoms with Crippen LogP contribution in [-0.4, -0.2) is 24.9 Å². The molecule has 0 aromatic heterocycles. The fourth-order valence-electron chi connectivity index (χ4n) is 2.57. The van der Waals surface area contributed by atoms with Crippen LogP contribution >= 0.6 is 11.8 Å². The normalized spacial score (nSPS) is 23.9. The maximum Gasteiger partial charge on any atom is 0.118 e. The second-order valence-electron chi connectivity index (χ2n) is 4.84. The first-order valence-corrected chi connectivity index (χ1v) is 7.74. The van der Waals surface area contributed by atoms with Crippen molar-refractivity contribution in [2.45, 2.75) is 48.8 Å². The molecule has 1 aliphatic carbocycles. The molecule has 1 N–H and O–H groups in total. The molecular weight excluding hydrogens is 242 g/mol. The van der Waals surface area contributed by atoms with Crippen LogP contribution in [0.15, 0.2) is 29.2 Å². The molecule has 1 aromatic rings. The van der Waals surface area contributed by atoms with Crippen LogP contribution in [-0.2, 0) is 0 Å². The fraction of sp³-hybridized carbons (Fsp3) is 0.600. The highest BCUT2D eigenvalue weighted by Gasteiger charge is 2.21. The summed E-state index contributed by atoms with van der Waals surface area (Å²) in [5.74, 6) is 0.938. The minimum absolute atomic E-state index is 0.722. The van der Waals surface area contributed by atoms with Crippen molar-refractivity contribution in [2.24, 2.45) is 0 Å². The molecule has 0 spiro atoms. The smallest absolute Gasteiger partial charge is 0.118 e. The number of ether oxygens (including phenoxy) is 1.